The lowest BCUT2D eigenvalue weighted by atomic mass is 10.4. The molecule has 0 unspecified atom stereocenters. The summed E-state index contributed by atoms with van der Waals surface area (Å²) in [4.78, 5) is 1.95. The molecular weight excluding hydrogens is 152 g/mol. The number of nitrogens with zero attached hydrogens (tertiary/aromatic N) is 2. The number of nitriles is 1. The maximum Gasteiger partial charge on any atom is 0.0864 e. The van der Waals surface area contributed by atoms with E-state index in [0.717, 1.165) is 26.2 Å². The van der Waals surface area contributed by atoms with Gasteiger partial charge in [0.2, 0.25) is 0 Å². The maximum absolute atomic E-state index is 8.34. The lowest BCUT2D eigenvalue weighted by Crippen LogP contribution is -2.23. The molecule has 0 aliphatic rings. The van der Waals surface area contributed by atoms with Crippen molar-refractivity contribution in [2.24, 2.45) is 0 Å². The Hall–Kier alpha value is -0.590. The molecule has 0 saturated carbocycles. The SMILES string of the molecule is CCCCOCCN(C)CC#N. The highest BCUT2D eigenvalue weighted by atomic mass is 16.5. The van der Waals surface area contributed by atoms with E-state index in [9.17, 15) is 0 Å². The summed E-state index contributed by atoms with van der Waals surface area (Å²) in [6.07, 6.45) is 2.30. The van der Waals surface area contributed by atoms with Crippen molar-refractivity contribution in [1.82, 2.24) is 4.90 Å². The fourth-order valence-corrected chi connectivity index (χ4v) is 0.769. The first-order chi connectivity index (χ1) is 5.81. The quantitative estimate of drug-likeness (QED) is 0.426. The predicted octanol–water partition coefficient (Wildman–Crippen LogP) is 1.26. The van der Waals surface area contributed by atoms with Gasteiger partial charge in [-0.25, -0.2) is 0 Å². The first kappa shape index (κ1) is 11.4. The molecule has 0 amide bonds. The van der Waals surface area contributed by atoms with Crippen LogP contribution in [0.2, 0.25) is 0 Å². The Labute approximate surface area is 74.9 Å². The molecule has 0 spiro atoms. The Morgan fingerprint density at radius 1 is 1.42 bits per heavy atom. The monoisotopic (exact) mass is 170 g/mol. The summed E-state index contributed by atoms with van der Waals surface area (Å²) in [6, 6.07) is 2.09. The highest BCUT2D eigenvalue weighted by Gasteiger charge is 1.95. The van der Waals surface area contributed by atoms with Gasteiger partial charge in [-0.3, -0.25) is 4.90 Å². The molecule has 3 heteroatoms. The number of hydrogen-bond donors (Lipinski definition) is 0. The van der Waals surface area contributed by atoms with E-state index >= 15 is 0 Å². The zero-order valence-electron chi connectivity index (χ0n) is 8.05. The Balaban J connectivity index is 3.04. The average molecular weight is 170 g/mol. The van der Waals surface area contributed by atoms with Crippen molar-refractivity contribution in [3.05, 3.63) is 0 Å². The van der Waals surface area contributed by atoms with Gasteiger partial charge in [0, 0.05) is 13.2 Å². The first-order valence-corrected chi connectivity index (χ1v) is 4.44. The van der Waals surface area contributed by atoms with Crippen molar-refractivity contribution in [1.29, 1.82) is 5.26 Å². The highest BCUT2D eigenvalue weighted by molar-refractivity contribution is 4.73. The Kier molecular flexibility index (Phi) is 8.09. The topological polar surface area (TPSA) is 36.3 Å². The summed E-state index contributed by atoms with van der Waals surface area (Å²) < 4.78 is 5.34. The van der Waals surface area contributed by atoms with Crippen LogP contribution in [0.3, 0.4) is 0 Å². The summed E-state index contributed by atoms with van der Waals surface area (Å²) in [7, 11) is 1.92. The van der Waals surface area contributed by atoms with Crippen LogP contribution in [0.25, 0.3) is 0 Å². The van der Waals surface area contributed by atoms with Gasteiger partial charge in [-0.15, -0.1) is 0 Å². The lowest BCUT2D eigenvalue weighted by Gasteiger charge is -2.11. The van der Waals surface area contributed by atoms with E-state index in [2.05, 4.69) is 13.0 Å². The first-order valence-electron chi connectivity index (χ1n) is 4.44. The molecule has 0 aliphatic carbocycles. The summed E-state index contributed by atoms with van der Waals surface area (Å²) in [5.74, 6) is 0. The fraction of sp³-hybridized carbons (Fsp3) is 0.889. The third-order valence-corrected chi connectivity index (χ3v) is 1.60. The van der Waals surface area contributed by atoms with Crippen molar-refractivity contribution in [3.63, 3.8) is 0 Å². The van der Waals surface area contributed by atoms with E-state index in [0.29, 0.717) is 6.54 Å². The molecule has 0 fully saturated rings. The van der Waals surface area contributed by atoms with E-state index in [1.165, 1.54) is 6.42 Å². The zero-order chi connectivity index (χ0) is 9.23. The van der Waals surface area contributed by atoms with Gasteiger partial charge in [0.05, 0.1) is 19.2 Å². The predicted molar refractivity (Wildman–Crippen MR) is 48.8 cm³/mol. The van der Waals surface area contributed by atoms with Crippen LogP contribution in [-0.4, -0.2) is 38.3 Å². The fourth-order valence-electron chi connectivity index (χ4n) is 0.769. The molecule has 3 nitrogen and oxygen atoms in total. The van der Waals surface area contributed by atoms with Crippen molar-refractivity contribution < 1.29 is 4.74 Å². The van der Waals surface area contributed by atoms with Gasteiger partial charge in [-0.1, -0.05) is 13.3 Å². The van der Waals surface area contributed by atoms with Gasteiger partial charge < -0.3 is 4.74 Å². The van der Waals surface area contributed by atoms with E-state index < -0.39 is 0 Å². The number of likely N-dealkylation sites (N-methyl/N-ethyl adjacent to an activating group) is 1. The second kappa shape index (κ2) is 8.51. The summed E-state index contributed by atoms with van der Waals surface area (Å²) in [5, 5.41) is 8.34. The minimum atomic E-state index is 0.483. The molecule has 0 bridgehead atoms. The molecule has 0 N–H and O–H groups in total. The van der Waals surface area contributed by atoms with Crippen LogP contribution in [0.4, 0.5) is 0 Å². The van der Waals surface area contributed by atoms with Crippen LogP contribution < -0.4 is 0 Å². The smallest absolute Gasteiger partial charge is 0.0864 e. The van der Waals surface area contributed by atoms with Crippen LogP contribution in [0, 0.1) is 11.3 Å². The Morgan fingerprint density at radius 3 is 2.75 bits per heavy atom. The summed E-state index contributed by atoms with van der Waals surface area (Å²) >= 11 is 0. The molecule has 0 aromatic rings. The van der Waals surface area contributed by atoms with Gasteiger partial charge in [0.25, 0.3) is 0 Å². The van der Waals surface area contributed by atoms with Gasteiger partial charge >= 0.3 is 0 Å². The highest BCUT2D eigenvalue weighted by Crippen LogP contribution is 1.88. The van der Waals surface area contributed by atoms with E-state index in [-0.39, 0.29) is 0 Å². The molecule has 0 aromatic carbocycles. The van der Waals surface area contributed by atoms with Crippen LogP contribution >= 0.6 is 0 Å². The van der Waals surface area contributed by atoms with Crippen molar-refractivity contribution in [3.8, 4) is 6.07 Å². The van der Waals surface area contributed by atoms with Crippen molar-refractivity contribution in [2.45, 2.75) is 19.8 Å². The molecule has 0 radical (unpaired) electrons. The lowest BCUT2D eigenvalue weighted by molar-refractivity contribution is 0.112. The molecule has 0 rings (SSSR count). The van der Waals surface area contributed by atoms with Gasteiger partial charge in [0.15, 0.2) is 0 Å². The minimum absolute atomic E-state index is 0.483. The number of hydrogen-bond acceptors (Lipinski definition) is 3. The van der Waals surface area contributed by atoms with Crippen molar-refractivity contribution >= 4 is 0 Å². The van der Waals surface area contributed by atoms with Crippen LogP contribution in [-0.2, 0) is 4.74 Å². The Morgan fingerprint density at radius 2 is 2.17 bits per heavy atom. The minimum Gasteiger partial charge on any atom is -0.380 e. The summed E-state index contributed by atoms with van der Waals surface area (Å²) in [6.45, 7) is 5.05. The molecule has 0 saturated heterocycles. The second-order valence-corrected chi connectivity index (χ2v) is 2.86. The summed E-state index contributed by atoms with van der Waals surface area (Å²) in [5.41, 5.74) is 0. The van der Waals surface area contributed by atoms with Gasteiger partial charge in [0.1, 0.15) is 0 Å². The van der Waals surface area contributed by atoms with Gasteiger partial charge in [-0.2, -0.15) is 5.26 Å². The number of unbranched alkanes of at least 4 members (excludes halogenated alkanes) is 1. The molecule has 12 heavy (non-hydrogen) atoms. The number of rotatable bonds is 7. The van der Waals surface area contributed by atoms with Crippen molar-refractivity contribution in [2.75, 3.05) is 33.4 Å². The van der Waals surface area contributed by atoms with Crippen LogP contribution in [0.1, 0.15) is 19.8 Å². The van der Waals surface area contributed by atoms with Crippen LogP contribution in [0.5, 0.6) is 0 Å². The molecule has 70 valence electrons. The van der Waals surface area contributed by atoms with E-state index in [1.807, 2.05) is 11.9 Å². The van der Waals surface area contributed by atoms with Gasteiger partial charge in [-0.05, 0) is 13.5 Å². The maximum atomic E-state index is 8.34. The van der Waals surface area contributed by atoms with Crippen LogP contribution in [0.15, 0.2) is 0 Å². The molecule has 0 aliphatic heterocycles. The second-order valence-electron chi connectivity index (χ2n) is 2.86. The third-order valence-electron chi connectivity index (χ3n) is 1.60. The zero-order valence-corrected chi connectivity index (χ0v) is 8.05. The van der Waals surface area contributed by atoms with E-state index in [4.69, 9.17) is 10.00 Å². The standard InChI is InChI=1S/C9H18N2O/c1-3-4-8-12-9-7-11(2)6-5-10/h3-4,6-9H2,1-2H3. The molecule has 0 aromatic heterocycles. The molecule has 0 heterocycles. The number of ether oxygens (including phenoxy) is 1. The Bertz CT molecular complexity index is 131. The third kappa shape index (κ3) is 7.52. The molecular formula is C9H18N2O. The van der Waals surface area contributed by atoms with E-state index in [1.54, 1.807) is 0 Å². The average Bonchev–Trinajstić information content (AvgIpc) is 2.05. The largest absolute Gasteiger partial charge is 0.380 e. The molecule has 0 atom stereocenters. The normalized spacial score (nSPS) is 10.2.